The molecule has 2 aromatic carbocycles. The van der Waals surface area contributed by atoms with E-state index in [0.717, 1.165) is 6.07 Å². The standard InChI is InChI=1S/C22H22O11/c1-30-9-5-11(25)17-12(26)7-15(31-14(17)6-9)18-10(24)3-2-4-13(18)32-22-21(29)20(28)19(27)16(8-23)33-22/h2-7,16,19-25,27-29H,8H2,1H3/t16-,19-,20+,21-,22-/m1/s1. The molecule has 0 saturated carbocycles. The largest absolute Gasteiger partial charge is 0.507 e. The fourth-order valence-electron chi connectivity index (χ4n) is 3.64. The van der Waals surface area contributed by atoms with Crippen molar-refractivity contribution in [3.8, 4) is 34.3 Å². The van der Waals surface area contributed by atoms with Crippen LogP contribution in [0, 0.1) is 0 Å². The zero-order valence-corrected chi connectivity index (χ0v) is 17.3. The summed E-state index contributed by atoms with van der Waals surface area (Å²) in [5.74, 6) is -0.673. The van der Waals surface area contributed by atoms with E-state index in [1.807, 2.05) is 0 Å². The van der Waals surface area contributed by atoms with Crippen molar-refractivity contribution < 1.29 is 49.3 Å². The molecule has 2 heterocycles. The lowest BCUT2D eigenvalue weighted by Crippen LogP contribution is -2.60. The average Bonchev–Trinajstić information content (AvgIpc) is 2.78. The van der Waals surface area contributed by atoms with Gasteiger partial charge < -0.3 is 49.3 Å². The Balaban J connectivity index is 1.79. The number of aromatic hydroxyl groups is 2. The molecule has 6 N–H and O–H groups in total. The molecule has 0 aliphatic carbocycles. The van der Waals surface area contributed by atoms with E-state index in [1.165, 1.54) is 37.4 Å². The van der Waals surface area contributed by atoms with E-state index in [0.29, 0.717) is 0 Å². The smallest absolute Gasteiger partial charge is 0.229 e. The van der Waals surface area contributed by atoms with Crippen molar-refractivity contribution in [1.29, 1.82) is 0 Å². The van der Waals surface area contributed by atoms with Gasteiger partial charge in [-0.1, -0.05) is 6.07 Å². The maximum Gasteiger partial charge on any atom is 0.229 e. The number of methoxy groups -OCH3 is 1. The maximum atomic E-state index is 12.7. The molecule has 0 spiro atoms. The number of benzene rings is 2. The Bertz CT molecular complexity index is 1220. The molecule has 1 aliphatic heterocycles. The number of ether oxygens (including phenoxy) is 3. The van der Waals surface area contributed by atoms with Gasteiger partial charge in [0.15, 0.2) is 5.43 Å². The first-order valence-electron chi connectivity index (χ1n) is 9.89. The first-order valence-corrected chi connectivity index (χ1v) is 9.89. The van der Waals surface area contributed by atoms with Gasteiger partial charge in [-0.2, -0.15) is 0 Å². The van der Waals surface area contributed by atoms with Crippen molar-refractivity contribution in [3.63, 3.8) is 0 Å². The molecule has 11 heteroatoms. The fourth-order valence-corrected chi connectivity index (χ4v) is 3.64. The third-order valence-corrected chi connectivity index (χ3v) is 5.36. The topological polar surface area (TPSA) is 179 Å². The zero-order chi connectivity index (χ0) is 23.9. The highest BCUT2D eigenvalue weighted by Crippen LogP contribution is 2.40. The molecule has 176 valence electrons. The van der Waals surface area contributed by atoms with Crippen LogP contribution in [0.5, 0.6) is 23.0 Å². The van der Waals surface area contributed by atoms with Crippen LogP contribution in [0.4, 0.5) is 0 Å². The minimum absolute atomic E-state index is 0.0172. The van der Waals surface area contributed by atoms with Crippen LogP contribution in [0.2, 0.25) is 0 Å². The monoisotopic (exact) mass is 462 g/mol. The summed E-state index contributed by atoms with van der Waals surface area (Å²) in [7, 11) is 1.37. The van der Waals surface area contributed by atoms with E-state index in [1.54, 1.807) is 0 Å². The second-order valence-electron chi connectivity index (χ2n) is 7.46. The molecule has 1 saturated heterocycles. The number of phenols is 2. The van der Waals surface area contributed by atoms with Crippen molar-refractivity contribution >= 4 is 11.0 Å². The second-order valence-corrected chi connectivity index (χ2v) is 7.46. The third-order valence-electron chi connectivity index (χ3n) is 5.36. The Morgan fingerprint density at radius 2 is 1.76 bits per heavy atom. The van der Waals surface area contributed by atoms with Gasteiger partial charge in [0.2, 0.25) is 6.29 Å². The summed E-state index contributed by atoms with van der Waals surface area (Å²) in [6, 6.07) is 7.81. The zero-order valence-electron chi connectivity index (χ0n) is 17.3. The Hall–Kier alpha value is -3.35. The van der Waals surface area contributed by atoms with Crippen LogP contribution in [0.3, 0.4) is 0 Å². The van der Waals surface area contributed by atoms with Crippen LogP contribution in [-0.4, -0.2) is 75.1 Å². The Labute approximate surface area is 186 Å². The normalized spacial score (nSPS) is 25.2. The Kier molecular flexibility index (Phi) is 6.15. The summed E-state index contributed by atoms with van der Waals surface area (Å²) < 4.78 is 21.8. The van der Waals surface area contributed by atoms with Crippen LogP contribution in [0.1, 0.15) is 0 Å². The Morgan fingerprint density at radius 1 is 1.00 bits per heavy atom. The molecule has 0 amide bonds. The maximum absolute atomic E-state index is 12.7. The summed E-state index contributed by atoms with van der Waals surface area (Å²) in [6.07, 6.45) is -7.67. The van der Waals surface area contributed by atoms with Crippen LogP contribution in [-0.2, 0) is 4.74 Å². The number of hydrogen-bond donors (Lipinski definition) is 6. The van der Waals surface area contributed by atoms with Crippen LogP contribution >= 0.6 is 0 Å². The first kappa shape index (κ1) is 22.8. The molecule has 0 bridgehead atoms. The number of phenolic OH excluding ortho intramolecular Hbond substituents is 2. The summed E-state index contributed by atoms with van der Waals surface area (Å²) >= 11 is 0. The molecule has 3 aromatic rings. The van der Waals surface area contributed by atoms with Crippen molar-refractivity contribution in [2.75, 3.05) is 13.7 Å². The highest BCUT2D eigenvalue weighted by Gasteiger charge is 2.45. The molecular weight excluding hydrogens is 440 g/mol. The van der Waals surface area contributed by atoms with E-state index in [9.17, 15) is 35.4 Å². The molecule has 5 atom stereocenters. The third kappa shape index (κ3) is 4.08. The van der Waals surface area contributed by atoms with E-state index < -0.39 is 42.7 Å². The van der Waals surface area contributed by atoms with E-state index in [-0.39, 0.29) is 45.3 Å². The van der Waals surface area contributed by atoms with Gasteiger partial charge in [-0.25, -0.2) is 0 Å². The minimum atomic E-state index is -1.69. The second kappa shape index (κ2) is 8.89. The number of rotatable bonds is 5. The lowest BCUT2D eigenvalue weighted by Gasteiger charge is -2.39. The van der Waals surface area contributed by atoms with Gasteiger partial charge in [-0.05, 0) is 12.1 Å². The number of aliphatic hydroxyl groups excluding tert-OH is 4. The van der Waals surface area contributed by atoms with Gasteiger partial charge in [-0.3, -0.25) is 4.79 Å². The lowest BCUT2D eigenvalue weighted by atomic mass is 9.99. The van der Waals surface area contributed by atoms with Crippen LogP contribution in [0.15, 0.2) is 45.6 Å². The predicted molar refractivity (Wildman–Crippen MR) is 112 cm³/mol. The summed E-state index contributed by atoms with van der Waals surface area (Å²) in [5.41, 5.74) is -0.694. The molecule has 4 rings (SSSR count). The van der Waals surface area contributed by atoms with Gasteiger partial charge in [0.05, 0.1) is 13.7 Å². The van der Waals surface area contributed by atoms with Crippen molar-refractivity contribution in [3.05, 3.63) is 46.6 Å². The van der Waals surface area contributed by atoms with E-state index >= 15 is 0 Å². The van der Waals surface area contributed by atoms with E-state index in [4.69, 9.17) is 18.6 Å². The van der Waals surface area contributed by atoms with Crippen molar-refractivity contribution in [2.45, 2.75) is 30.7 Å². The predicted octanol–water partition coefficient (Wildman–Crippen LogP) is 0.0585. The Morgan fingerprint density at radius 3 is 2.45 bits per heavy atom. The highest BCUT2D eigenvalue weighted by molar-refractivity contribution is 5.87. The van der Waals surface area contributed by atoms with Crippen LogP contribution < -0.4 is 14.9 Å². The van der Waals surface area contributed by atoms with Crippen molar-refractivity contribution in [2.24, 2.45) is 0 Å². The number of hydrogen-bond acceptors (Lipinski definition) is 11. The van der Waals surface area contributed by atoms with Gasteiger partial charge >= 0.3 is 0 Å². The molecule has 1 aliphatic rings. The summed E-state index contributed by atoms with van der Waals surface area (Å²) in [6.45, 7) is -0.650. The molecule has 0 radical (unpaired) electrons. The summed E-state index contributed by atoms with van der Waals surface area (Å²) in [4.78, 5) is 12.7. The van der Waals surface area contributed by atoms with Crippen LogP contribution in [0.25, 0.3) is 22.3 Å². The quantitative estimate of drug-likeness (QED) is 0.302. The minimum Gasteiger partial charge on any atom is -0.507 e. The average molecular weight is 462 g/mol. The van der Waals surface area contributed by atoms with Gasteiger partial charge in [0, 0.05) is 18.2 Å². The molecule has 0 unspecified atom stereocenters. The molecule has 33 heavy (non-hydrogen) atoms. The highest BCUT2D eigenvalue weighted by atomic mass is 16.7. The SMILES string of the molecule is COc1cc(O)c2c(=O)cc(-c3c(O)cccc3O[C@@H]3O[C@H](CO)[C@@H](O)[C@H](O)[C@H]3O)oc2c1. The number of aliphatic hydroxyl groups is 4. The van der Waals surface area contributed by atoms with Crippen molar-refractivity contribution in [1.82, 2.24) is 0 Å². The lowest BCUT2D eigenvalue weighted by molar-refractivity contribution is -0.277. The van der Waals surface area contributed by atoms with Gasteiger partial charge in [-0.15, -0.1) is 0 Å². The molecule has 1 aromatic heterocycles. The van der Waals surface area contributed by atoms with E-state index in [2.05, 4.69) is 0 Å². The molecular formula is C22H22O11. The number of fused-ring (bicyclic) bond motifs is 1. The fraction of sp³-hybridized carbons (Fsp3) is 0.318. The summed E-state index contributed by atoms with van der Waals surface area (Å²) in [5, 5.41) is 60.1. The first-order chi connectivity index (χ1) is 15.7. The molecule has 1 fully saturated rings. The van der Waals surface area contributed by atoms with Gasteiger partial charge in [0.1, 0.15) is 69.7 Å². The molecule has 11 nitrogen and oxygen atoms in total. The van der Waals surface area contributed by atoms with Gasteiger partial charge in [0.25, 0.3) is 0 Å².